The number of methoxy groups -OCH3 is 1. The van der Waals surface area contributed by atoms with Crippen LogP contribution >= 0.6 is 11.3 Å². The van der Waals surface area contributed by atoms with E-state index in [2.05, 4.69) is 15.5 Å². The van der Waals surface area contributed by atoms with Crippen molar-refractivity contribution in [3.8, 4) is 5.75 Å². The third-order valence-corrected chi connectivity index (χ3v) is 5.80. The van der Waals surface area contributed by atoms with Gasteiger partial charge in [0.15, 0.2) is 0 Å². The number of amides is 1. The first-order valence-electron chi connectivity index (χ1n) is 8.90. The molecule has 140 valence electrons. The minimum absolute atomic E-state index is 0.0785. The van der Waals surface area contributed by atoms with Crippen molar-refractivity contribution < 1.29 is 13.9 Å². The van der Waals surface area contributed by atoms with Crippen LogP contribution in [0.4, 0.5) is 5.13 Å². The first-order chi connectivity index (χ1) is 13.1. The van der Waals surface area contributed by atoms with Crippen molar-refractivity contribution in [2.24, 2.45) is 0 Å². The number of hydrogen-bond acceptors (Lipinski definition) is 7. The Bertz CT molecular complexity index is 1040. The van der Waals surface area contributed by atoms with Crippen LogP contribution in [0.2, 0.25) is 0 Å². The zero-order chi connectivity index (χ0) is 18.8. The summed E-state index contributed by atoms with van der Waals surface area (Å²) in [5.74, 6) is 0.476. The Hall–Kier alpha value is -2.74. The standard InChI is InChI=1S/C19H19N3O4S/c1-25-13-7-8-15-12(9-13)10-14(18(24)26-15)16(23)20-19-22-21-17(27-19)11-5-3-2-4-6-11/h7-11H,2-6H2,1H3,(H,20,22,23). The smallest absolute Gasteiger partial charge is 0.349 e. The minimum atomic E-state index is -0.692. The van der Waals surface area contributed by atoms with Crippen molar-refractivity contribution >= 4 is 33.3 Å². The van der Waals surface area contributed by atoms with Gasteiger partial charge in [-0.05, 0) is 37.1 Å². The van der Waals surface area contributed by atoms with Gasteiger partial charge >= 0.3 is 5.63 Å². The molecule has 1 amide bonds. The average molecular weight is 385 g/mol. The number of rotatable bonds is 4. The van der Waals surface area contributed by atoms with E-state index in [0.29, 0.717) is 27.8 Å². The van der Waals surface area contributed by atoms with E-state index in [0.717, 1.165) is 17.8 Å². The molecular formula is C19H19N3O4S. The summed E-state index contributed by atoms with van der Waals surface area (Å²) in [4.78, 5) is 24.7. The molecule has 0 saturated heterocycles. The summed E-state index contributed by atoms with van der Waals surface area (Å²) in [6.07, 6.45) is 5.89. The van der Waals surface area contributed by atoms with Crippen LogP contribution in [0.15, 0.2) is 33.5 Å². The highest BCUT2D eigenvalue weighted by atomic mass is 32.1. The Morgan fingerprint density at radius 2 is 2.04 bits per heavy atom. The molecule has 3 aromatic rings. The number of carbonyl (C=O) groups is 1. The number of anilines is 1. The molecule has 8 heteroatoms. The van der Waals surface area contributed by atoms with Crippen molar-refractivity contribution in [1.29, 1.82) is 0 Å². The van der Waals surface area contributed by atoms with Crippen LogP contribution in [0.5, 0.6) is 5.75 Å². The molecule has 2 heterocycles. The molecule has 0 aliphatic heterocycles. The number of ether oxygens (including phenoxy) is 1. The normalized spacial score (nSPS) is 15.0. The SMILES string of the molecule is COc1ccc2oc(=O)c(C(=O)Nc3nnc(C4CCCCC4)s3)cc2c1. The number of fused-ring (bicyclic) bond motifs is 1. The van der Waals surface area contributed by atoms with Crippen LogP contribution < -0.4 is 15.7 Å². The summed E-state index contributed by atoms with van der Waals surface area (Å²) in [6.45, 7) is 0. The van der Waals surface area contributed by atoms with E-state index in [4.69, 9.17) is 9.15 Å². The summed E-state index contributed by atoms with van der Waals surface area (Å²) in [7, 11) is 1.55. The van der Waals surface area contributed by atoms with Gasteiger partial charge in [-0.15, -0.1) is 10.2 Å². The fourth-order valence-corrected chi connectivity index (χ4v) is 4.26. The van der Waals surface area contributed by atoms with Crippen LogP contribution in [-0.4, -0.2) is 23.2 Å². The maximum Gasteiger partial charge on any atom is 0.349 e. The Labute approximate surface area is 159 Å². The molecule has 1 fully saturated rings. The third-order valence-electron chi connectivity index (χ3n) is 4.80. The molecule has 0 atom stereocenters. The van der Waals surface area contributed by atoms with Gasteiger partial charge in [0.2, 0.25) is 5.13 Å². The van der Waals surface area contributed by atoms with Crippen LogP contribution in [0.25, 0.3) is 11.0 Å². The van der Waals surface area contributed by atoms with E-state index >= 15 is 0 Å². The van der Waals surface area contributed by atoms with E-state index < -0.39 is 11.5 Å². The van der Waals surface area contributed by atoms with Gasteiger partial charge in [-0.3, -0.25) is 10.1 Å². The number of nitrogens with one attached hydrogen (secondary N) is 1. The second-order valence-electron chi connectivity index (χ2n) is 6.59. The molecule has 2 aromatic heterocycles. The van der Waals surface area contributed by atoms with Crippen LogP contribution in [-0.2, 0) is 0 Å². The predicted octanol–water partition coefficient (Wildman–Crippen LogP) is 3.95. The molecule has 0 spiro atoms. The molecule has 1 saturated carbocycles. The second-order valence-corrected chi connectivity index (χ2v) is 7.59. The lowest BCUT2D eigenvalue weighted by molar-refractivity contribution is 0.102. The molecule has 7 nitrogen and oxygen atoms in total. The molecule has 1 N–H and O–H groups in total. The van der Waals surface area contributed by atoms with Gasteiger partial charge in [0.05, 0.1) is 7.11 Å². The molecule has 1 aromatic carbocycles. The molecule has 0 bridgehead atoms. The zero-order valence-electron chi connectivity index (χ0n) is 14.9. The van der Waals surface area contributed by atoms with Crippen LogP contribution in [0, 0.1) is 0 Å². The van der Waals surface area contributed by atoms with Gasteiger partial charge < -0.3 is 9.15 Å². The summed E-state index contributed by atoms with van der Waals surface area (Å²) in [6, 6.07) is 6.54. The Morgan fingerprint density at radius 1 is 1.22 bits per heavy atom. The van der Waals surface area contributed by atoms with Gasteiger partial charge in [-0.25, -0.2) is 4.79 Å². The number of benzene rings is 1. The van der Waals surface area contributed by atoms with E-state index in [9.17, 15) is 9.59 Å². The third kappa shape index (κ3) is 3.71. The van der Waals surface area contributed by atoms with E-state index in [1.54, 1.807) is 25.3 Å². The Kier molecular flexibility index (Phi) is 4.89. The predicted molar refractivity (Wildman–Crippen MR) is 103 cm³/mol. The molecule has 0 radical (unpaired) electrons. The first-order valence-corrected chi connectivity index (χ1v) is 9.72. The molecule has 27 heavy (non-hydrogen) atoms. The topological polar surface area (TPSA) is 94.3 Å². The first kappa shape index (κ1) is 17.7. The fourth-order valence-electron chi connectivity index (χ4n) is 3.35. The number of nitrogens with zero attached hydrogens (tertiary/aromatic N) is 2. The summed E-state index contributed by atoms with van der Waals surface area (Å²) in [5.41, 5.74) is -0.375. The molecular weight excluding hydrogens is 366 g/mol. The quantitative estimate of drug-likeness (QED) is 0.683. The summed E-state index contributed by atoms with van der Waals surface area (Å²) in [5, 5.41) is 12.9. The van der Waals surface area contributed by atoms with Crippen molar-refractivity contribution in [2.45, 2.75) is 38.0 Å². The summed E-state index contributed by atoms with van der Waals surface area (Å²) >= 11 is 1.37. The average Bonchev–Trinajstić information content (AvgIpc) is 3.16. The van der Waals surface area contributed by atoms with E-state index in [1.165, 1.54) is 36.7 Å². The van der Waals surface area contributed by atoms with Gasteiger partial charge in [-0.1, -0.05) is 30.6 Å². The monoisotopic (exact) mass is 385 g/mol. The number of aromatic nitrogens is 2. The Morgan fingerprint density at radius 3 is 2.81 bits per heavy atom. The lowest BCUT2D eigenvalue weighted by Gasteiger charge is -2.18. The number of carbonyl (C=O) groups excluding carboxylic acids is 1. The van der Waals surface area contributed by atoms with Crippen molar-refractivity contribution in [2.75, 3.05) is 12.4 Å². The van der Waals surface area contributed by atoms with Gasteiger partial charge in [0, 0.05) is 11.3 Å². The highest BCUT2D eigenvalue weighted by molar-refractivity contribution is 7.15. The fraction of sp³-hybridized carbons (Fsp3) is 0.368. The second kappa shape index (κ2) is 7.48. The maximum atomic E-state index is 12.6. The minimum Gasteiger partial charge on any atom is -0.497 e. The van der Waals surface area contributed by atoms with Crippen LogP contribution in [0.3, 0.4) is 0 Å². The molecule has 4 rings (SSSR count). The molecule has 1 aliphatic carbocycles. The van der Waals surface area contributed by atoms with Crippen molar-refractivity contribution in [1.82, 2.24) is 10.2 Å². The highest BCUT2D eigenvalue weighted by Crippen LogP contribution is 2.35. The molecule has 1 aliphatic rings. The van der Waals surface area contributed by atoms with E-state index in [1.807, 2.05) is 0 Å². The van der Waals surface area contributed by atoms with Crippen LogP contribution in [0.1, 0.15) is 53.4 Å². The lowest BCUT2D eigenvalue weighted by atomic mass is 9.90. The Balaban J connectivity index is 1.56. The largest absolute Gasteiger partial charge is 0.497 e. The highest BCUT2D eigenvalue weighted by Gasteiger charge is 2.21. The van der Waals surface area contributed by atoms with Crippen molar-refractivity contribution in [3.63, 3.8) is 0 Å². The molecule has 0 unspecified atom stereocenters. The number of hydrogen-bond donors (Lipinski definition) is 1. The maximum absolute atomic E-state index is 12.6. The lowest BCUT2D eigenvalue weighted by Crippen LogP contribution is -2.20. The van der Waals surface area contributed by atoms with E-state index in [-0.39, 0.29) is 5.56 Å². The van der Waals surface area contributed by atoms with Gasteiger partial charge in [-0.2, -0.15) is 0 Å². The zero-order valence-corrected chi connectivity index (χ0v) is 15.7. The van der Waals surface area contributed by atoms with Gasteiger partial charge in [0.1, 0.15) is 21.9 Å². The van der Waals surface area contributed by atoms with Crippen molar-refractivity contribution in [3.05, 3.63) is 45.3 Å². The summed E-state index contributed by atoms with van der Waals surface area (Å²) < 4.78 is 10.4. The van der Waals surface area contributed by atoms with Gasteiger partial charge in [0.25, 0.3) is 5.91 Å².